The van der Waals surface area contributed by atoms with Crippen molar-refractivity contribution in [1.29, 1.82) is 0 Å². The highest BCUT2D eigenvalue weighted by Crippen LogP contribution is 2.06. The fourth-order valence-electron chi connectivity index (χ4n) is 1.08. The third-order valence-electron chi connectivity index (χ3n) is 1.52. The topological polar surface area (TPSA) is 39.4 Å². The number of ether oxygens (including phenoxy) is 1. The molecular formula is C11H14O3. The van der Waals surface area contributed by atoms with Gasteiger partial charge in [0, 0.05) is 6.08 Å². The maximum atomic E-state index is 11.4. The fraction of sp³-hybridized carbons (Fsp3) is 0.364. The Labute approximate surface area is 83.4 Å². The SMILES string of the molecule is C/C(=C\C(=O)c1ccco1)OC(C)C. The summed E-state index contributed by atoms with van der Waals surface area (Å²) in [6.07, 6.45) is 2.98. The standard InChI is InChI=1S/C11H14O3/c1-8(2)14-9(3)7-10(12)11-5-4-6-13-11/h4-8H,1-3H3/b9-7+. The molecular weight excluding hydrogens is 180 g/mol. The lowest BCUT2D eigenvalue weighted by Gasteiger charge is -2.08. The summed E-state index contributed by atoms with van der Waals surface area (Å²) in [6.45, 7) is 5.57. The molecule has 1 aromatic heterocycles. The first-order valence-electron chi connectivity index (χ1n) is 4.52. The molecule has 0 fully saturated rings. The summed E-state index contributed by atoms with van der Waals surface area (Å²) in [4.78, 5) is 11.4. The van der Waals surface area contributed by atoms with Crippen LogP contribution in [-0.2, 0) is 4.74 Å². The zero-order valence-corrected chi connectivity index (χ0v) is 8.61. The number of carbonyl (C=O) groups is 1. The van der Waals surface area contributed by atoms with Crippen LogP contribution in [-0.4, -0.2) is 11.9 Å². The van der Waals surface area contributed by atoms with Crippen molar-refractivity contribution >= 4 is 5.78 Å². The predicted molar refractivity (Wildman–Crippen MR) is 53.0 cm³/mol. The van der Waals surface area contributed by atoms with E-state index in [2.05, 4.69) is 0 Å². The van der Waals surface area contributed by atoms with Gasteiger partial charge in [0.15, 0.2) is 5.76 Å². The van der Waals surface area contributed by atoms with Gasteiger partial charge in [0.2, 0.25) is 5.78 Å². The van der Waals surface area contributed by atoms with E-state index in [9.17, 15) is 4.79 Å². The summed E-state index contributed by atoms with van der Waals surface area (Å²) in [5.41, 5.74) is 0. The molecule has 3 nitrogen and oxygen atoms in total. The molecule has 0 saturated heterocycles. The molecule has 0 amide bonds. The molecule has 76 valence electrons. The smallest absolute Gasteiger partial charge is 0.224 e. The van der Waals surface area contributed by atoms with Gasteiger partial charge in [-0.1, -0.05) is 0 Å². The van der Waals surface area contributed by atoms with Gasteiger partial charge in [0.1, 0.15) is 0 Å². The fourth-order valence-corrected chi connectivity index (χ4v) is 1.08. The summed E-state index contributed by atoms with van der Waals surface area (Å²) >= 11 is 0. The molecule has 3 heteroatoms. The van der Waals surface area contributed by atoms with E-state index in [4.69, 9.17) is 9.15 Å². The predicted octanol–water partition coefficient (Wildman–Crippen LogP) is 2.79. The van der Waals surface area contributed by atoms with Gasteiger partial charge >= 0.3 is 0 Å². The second-order valence-electron chi connectivity index (χ2n) is 3.26. The first-order valence-corrected chi connectivity index (χ1v) is 4.52. The molecule has 0 saturated carbocycles. The van der Waals surface area contributed by atoms with Crippen LogP contribution in [0.4, 0.5) is 0 Å². The first-order chi connectivity index (χ1) is 6.59. The molecule has 0 aliphatic carbocycles. The molecule has 1 heterocycles. The molecule has 0 radical (unpaired) electrons. The third-order valence-corrected chi connectivity index (χ3v) is 1.52. The molecule has 0 atom stereocenters. The van der Waals surface area contributed by atoms with Crippen LogP contribution < -0.4 is 0 Å². The largest absolute Gasteiger partial charge is 0.496 e. The maximum absolute atomic E-state index is 11.4. The molecule has 0 aliphatic rings. The molecule has 14 heavy (non-hydrogen) atoms. The molecule has 0 spiro atoms. The van der Waals surface area contributed by atoms with E-state index in [1.807, 2.05) is 13.8 Å². The van der Waals surface area contributed by atoms with Crippen molar-refractivity contribution in [2.75, 3.05) is 0 Å². The second-order valence-corrected chi connectivity index (χ2v) is 3.26. The van der Waals surface area contributed by atoms with Crippen molar-refractivity contribution in [2.45, 2.75) is 26.9 Å². The highest BCUT2D eigenvalue weighted by Gasteiger charge is 2.06. The molecule has 0 unspecified atom stereocenters. The van der Waals surface area contributed by atoms with Crippen molar-refractivity contribution in [3.05, 3.63) is 36.0 Å². The van der Waals surface area contributed by atoms with Crippen molar-refractivity contribution in [3.63, 3.8) is 0 Å². The van der Waals surface area contributed by atoms with Crippen LogP contribution >= 0.6 is 0 Å². The number of ketones is 1. The minimum Gasteiger partial charge on any atom is -0.496 e. The van der Waals surface area contributed by atoms with Gasteiger partial charge in [-0.2, -0.15) is 0 Å². The Hall–Kier alpha value is -1.51. The van der Waals surface area contributed by atoms with E-state index in [1.165, 1.54) is 12.3 Å². The summed E-state index contributed by atoms with van der Waals surface area (Å²) in [7, 11) is 0. The van der Waals surface area contributed by atoms with Crippen LogP contribution in [0.1, 0.15) is 31.3 Å². The highest BCUT2D eigenvalue weighted by molar-refractivity contribution is 6.02. The minimum atomic E-state index is -0.173. The number of furan rings is 1. The average molecular weight is 194 g/mol. The van der Waals surface area contributed by atoms with E-state index in [0.717, 1.165) is 0 Å². The quantitative estimate of drug-likeness (QED) is 0.420. The molecule has 0 bridgehead atoms. The number of hydrogen-bond donors (Lipinski definition) is 0. The molecule has 0 N–H and O–H groups in total. The Kier molecular flexibility index (Phi) is 3.51. The van der Waals surface area contributed by atoms with Crippen LogP contribution in [0.25, 0.3) is 0 Å². The molecule has 0 aromatic carbocycles. The summed E-state index contributed by atoms with van der Waals surface area (Å²) in [5.74, 6) is 0.756. The zero-order valence-electron chi connectivity index (χ0n) is 8.61. The van der Waals surface area contributed by atoms with Crippen LogP contribution in [0.5, 0.6) is 0 Å². The Morgan fingerprint density at radius 3 is 2.79 bits per heavy atom. The summed E-state index contributed by atoms with van der Waals surface area (Å²) in [6, 6.07) is 3.31. The third kappa shape index (κ3) is 3.09. The second kappa shape index (κ2) is 4.65. The zero-order chi connectivity index (χ0) is 10.6. The van der Waals surface area contributed by atoms with E-state index >= 15 is 0 Å². The number of allylic oxidation sites excluding steroid dienone is 2. The highest BCUT2D eigenvalue weighted by atomic mass is 16.5. The molecule has 1 rings (SSSR count). The molecule has 1 aromatic rings. The summed E-state index contributed by atoms with van der Waals surface area (Å²) in [5, 5.41) is 0. The van der Waals surface area contributed by atoms with Crippen molar-refractivity contribution < 1.29 is 13.9 Å². The number of hydrogen-bond acceptors (Lipinski definition) is 3. The van der Waals surface area contributed by atoms with Crippen LogP contribution in [0.3, 0.4) is 0 Å². The minimum absolute atomic E-state index is 0.0793. The Morgan fingerprint density at radius 2 is 2.29 bits per heavy atom. The van der Waals surface area contributed by atoms with Crippen LogP contribution in [0.2, 0.25) is 0 Å². The van der Waals surface area contributed by atoms with E-state index in [-0.39, 0.29) is 11.9 Å². The van der Waals surface area contributed by atoms with Gasteiger partial charge in [-0.3, -0.25) is 4.79 Å². The van der Waals surface area contributed by atoms with Crippen LogP contribution in [0, 0.1) is 0 Å². The van der Waals surface area contributed by atoms with E-state index < -0.39 is 0 Å². The van der Waals surface area contributed by atoms with Gasteiger partial charge in [-0.05, 0) is 32.9 Å². The Morgan fingerprint density at radius 1 is 1.57 bits per heavy atom. The lowest BCUT2D eigenvalue weighted by molar-refractivity contribution is 0.100. The van der Waals surface area contributed by atoms with Crippen LogP contribution in [0.15, 0.2) is 34.6 Å². The lowest BCUT2D eigenvalue weighted by atomic mass is 10.3. The number of rotatable bonds is 4. The van der Waals surface area contributed by atoms with Crippen molar-refractivity contribution in [2.24, 2.45) is 0 Å². The van der Waals surface area contributed by atoms with E-state index in [1.54, 1.807) is 19.1 Å². The normalized spacial score (nSPS) is 11.9. The molecule has 0 aliphatic heterocycles. The monoisotopic (exact) mass is 194 g/mol. The van der Waals surface area contributed by atoms with Gasteiger partial charge < -0.3 is 9.15 Å². The summed E-state index contributed by atoms with van der Waals surface area (Å²) < 4.78 is 10.3. The van der Waals surface area contributed by atoms with Crippen molar-refractivity contribution in [3.8, 4) is 0 Å². The average Bonchev–Trinajstić information content (AvgIpc) is 2.53. The van der Waals surface area contributed by atoms with Gasteiger partial charge in [0.25, 0.3) is 0 Å². The maximum Gasteiger partial charge on any atom is 0.224 e. The van der Waals surface area contributed by atoms with Gasteiger partial charge in [0.05, 0.1) is 18.1 Å². The Bertz CT molecular complexity index is 320. The van der Waals surface area contributed by atoms with Gasteiger partial charge in [-0.15, -0.1) is 0 Å². The first kappa shape index (κ1) is 10.6. The van der Waals surface area contributed by atoms with E-state index in [0.29, 0.717) is 11.5 Å². The Balaban J connectivity index is 2.64. The lowest BCUT2D eigenvalue weighted by Crippen LogP contribution is -2.02. The van der Waals surface area contributed by atoms with Crippen molar-refractivity contribution in [1.82, 2.24) is 0 Å². The van der Waals surface area contributed by atoms with Gasteiger partial charge in [-0.25, -0.2) is 0 Å². The number of carbonyl (C=O) groups excluding carboxylic acids is 1.